The number of amides is 1. The number of likely N-dealkylation sites (tertiary alicyclic amines) is 1. The van der Waals surface area contributed by atoms with Crippen molar-refractivity contribution in [3.63, 3.8) is 0 Å². The average Bonchev–Trinajstić information content (AvgIpc) is 3.87. The Balaban J connectivity index is 0.000000210. The first kappa shape index (κ1) is 42.8. The third-order valence-electron chi connectivity index (χ3n) is 10.2. The predicted octanol–water partition coefficient (Wildman–Crippen LogP) is 8.02. The summed E-state index contributed by atoms with van der Waals surface area (Å²) in [7, 11) is 3.22. The Bertz CT molecular complexity index is 2370. The van der Waals surface area contributed by atoms with Gasteiger partial charge in [0, 0.05) is 79.9 Å². The van der Waals surface area contributed by atoms with Gasteiger partial charge in [0.15, 0.2) is 23.0 Å². The fraction of sp³-hybridized carbons (Fsp3) is 0.333. The number of nitrogens with two attached hydrogens (primary N) is 1. The van der Waals surface area contributed by atoms with Crippen molar-refractivity contribution in [1.29, 1.82) is 0 Å². The fourth-order valence-electron chi connectivity index (χ4n) is 6.98. The van der Waals surface area contributed by atoms with Gasteiger partial charge in [0.1, 0.15) is 34.3 Å². The van der Waals surface area contributed by atoms with Crippen molar-refractivity contribution >= 4 is 39.5 Å². The van der Waals surface area contributed by atoms with E-state index < -0.39 is 0 Å². The molecule has 6 aromatic rings. The summed E-state index contributed by atoms with van der Waals surface area (Å²) in [5.41, 5.74) is 10.6. The lowest BCUT2D eigenvalue weighted by Crippen LogP contribution is -2.35. The number of aryl methyl sites for hydroxylation is 1. The zero-order valence-corrected chi connectivity index (χ0v) is 33.7. The topological polar surface area (TPSA) is 191 Å². The summed E-state index contributed by atoms with van der Waals surface area (Å²) in [6, 6.07) is 20.8. The molecule has 2 aromatic heterocycles. The second-order valence-corrected chi connectivity index (χ2v) is 13.9. The number of carbonyl (C=O) groups excluding carboxylic acids is 3. The zero-order chi connectivity index (χ0) is 41.9. The van der Waals surface area contributed by atoms with E-state index >= 15 is 0 Å². The van der Waals surface area contributed by atoms with Gasteiger partial charge in [0.25, 0.3) is 0 Å². The minimum absolute atomic E-state index is 0.0220. The van der Waals surface area contributed by atoms with Crippen molar-refractivity contribution in [3.05, 3.63) is 107 Å². The molecule has 1 aliphatic heterocycles. The number of aromatic nitrogens is 2. The number of hydrogen-bond donors (Lipinski definition) is 4. The lowest BCUT2D eigenvalue weighted by atomic mass is 10.0. The molecule has 4 aromatic carbocycles. The maximum Gasteiger partial charge on any atom is 0.248 e. The Morgan fingerprint density at radius 3 is 2.09 bits per heavy atom. The highest BCUT2D eigenvalue weighted by Crippen LogP contribution is 2.32. The molecule has 1 fully saturated rings. The van der Waals surface area contributed by atoms with Crippen molar-refractivity contribution in [1.82, 2.24) is 14.5 Å². The smallest absolute Gasteiger partial charge is 0.248 e. The van der Waals surface area contributed by atoms with Crippen molar-refractivity contribution < 1.29 is 43.6 Å². The molecule has 1 saturated heterocycles. The van der Waals surface area contributed by atoms with Crippen LogP contribution in [0.1, 0.15) is 95.0 Å². The summed E-state index contributed by atoms with van der Waals surface area (Å²) < 4.78 is 18.8. The number of nitrogens with zero attached hydrogens (tertiary/aromatic N) is 3. The highest BCUT2D eigenvalue weighted by Gasteiger charge is 2.23. The summed E-state index contributed by atoms with van der Waals surface area (Å²) in [4.78, 5) is 41.0. The second-order valence-electron chi connectivity index (χ2n) is 13.9. The number of rotatable bonds is 12. The molecule has 0 radical (unpaired) electrons. The first-order chi connectivity index (χ1) is 27.9. The number of ketones is 2. The van der Waals surface area contributed by atoms with Crippen molar-refractivity contribution in [2.75, 3.05) is 33.9 Å². The lowest BCUT2D eigenvalue weighted by Gasteiger charge is -2.33. The molecule has 58 heavy (non-hydrogen) atoms. The van der Waals surface area contributed by atoms with Crippen molar-refractivity contribution in [2.45, 2.75) is 65.3 Å². The van der Waals surface area contributed by atoms with Gasteiger partial charge < -0.3 is 44.4 Å². The third-order valence-corrected chi connectivity index (χ3v) is 10.2. The van der Waals surface area contributed by atoms with Gasteiger partial charge >= 0.3 is 0 Å². The molecule has 1 amide bonds. The number of carbonyl (C=O) groups is 3. The standard InChI is InChI=1S/C26H30N4O3.C10H12O3.C9H10O3/c1-3-24-28-21-6-7-23(32-2)20(25(21)33-24)11-14-29-12-9-19(10-13-29)30-15-8-17-4-5-18(26(27)31)16-22(17)30;1-3-9(11)8-5-4-7(13-2)6-10(8)12;1-2-8(11)7-4-3-6(10)5-9(7)12/h4-8,15-16,19H,3,9-14H2,1-2H3,(H2,27,31);4-6,12H,3H2,1-2H3;3-5,10,12H,2H2,1H3. The number of ether oxygens (including phenoxy) is 2. The highest BCUT2D eigenvalue weighted by atomic mass is 16.5. The van der Waals surface area contributed by atoms with E-state index in [1.54, 1.807) is 39.2 Å². The van der Waals surface area contributed by atoms with Gasteiger partial charge in [-0.1, -0.05) is 26.8 Å². The summed E-state index contributed by atoms with van der Waals surface area (Å²) in [5, 5.41) is 28.7. The summed E-state index contributed by atoms with van der Waals surface area (Å²) in [5.74, 6) is 1.35. The van der Waals surface area contributed by atoms with Gasteiger partial charge in [-0.2, -0.15) is 0 Å². The third kappa shape index (κ3) is 10.1. The molecule has 1 aliphatic rings. The van der Waals surface area contributed by atoms with Crippen molar-refractivity contribution in [3.8, 4) is 28.7 Å². The molecule has 0 aliphatic carbocycles. The number of methoxy groups -OCH3 is 2. The molecule has 0 atom stereocenters. The number of phenols is 3. The van der Waals surface area contributed by atoms with E-state index in [1.165, 1.54) is 25.3 Å². The molecule has 306 valence electrons. The molecule has 7 rings (SSSR count). The van der Waals surface area contributed by atoms with E-state index in [2.05, 4.69) is 33.6 Å². The van der Waals surface area contributed by atoms with E-state index in [0.717, 1.165) is 90.6 Å². The van der Waals surface area contributed by atoms with Gasteiger partial charge in [0.2, 0.25) is 5.91 Å². The quantitative estimate of drug-likeness (QED) is 0.0878. The van der Waals surface area contributed by atoms with Gasteiger partial charge in [-0.15, -0.1) is 0 Å². The van der Waals surface area contributed by atoms with Gasteiger partial charge in [0.05, 0.1) is 25.3 Å². The van der Waals surface area contributed by atoms with Crippen LogP contribution in [0, 0.1) is 0 Å². The fourth-order valence-corrected chi connectivity index (χ4v) is 6.98. The number of hydrogen-bond acceptors (Lipinski definition) is 11. The normalized spacial score (nSPS) is 13.0. The zero-order valence-electron chi connectivity index (χ0n) is 33.7. The number of Topliss-reactive ketones (excluding diaryl/α,β-unsaturated/α-hetero) is 2. The van der Waals surface area contributed by atoms with Crippen LogP contribution in [-0.2, 0) is 12.8 Å². The number of piperidine rings is 1. The largest absolute Gasteiger partial charge is 0.508 e. The molecule has 0 bridgehead atoms. The average molecular weight is 793 g/mol. The minimum atomic E-state index is -0.386. The number of primary amides is 1. The van der Waals surface area contributed by atoms with E-state index in [4.69, 9.17) is 24.7 Å². The van der Waals surface area contributed by atoms with E-state index in [-0.39, 0.29) is 40.3 Å². The Hall–Kier alpha value is -6.34. The first-order valence-electron chi connectivity index (χ1n) is 19.4. The second kappa shape index (κ2) is 19.7. The van der Waals surface area contributed by atoms with E-state index in [1.807, 2.05) is 24.3 Å². The molecule has 5 N–H and O–H groups in total. The SMILES string of the molecule is CCC(=O)c1ccc(O)cc1O.CCC(=O)c1ccc(OC)cc1O.CCc1nc2ccc(OC)c(CCN3CCC(n4ccc5ccc(C(N)=O)cc54)CC3)c2o1. The van der Waals surface area contributed by atoms with Crippen LogP contribution in [-0.4, -0.2) is 81.1 Å². The molecule has 13 heteroatoms. The first-order valence-corrected chi connectivity index (χ1v) is 19.4. The monoisotopic (exact) mass is 792 g/mol. The van der Waals surface area contributed by atoms with Crippen LogP contribution in [0.4, 0.5) is 0 Å². The van der Waals surface area contributed by atoms with Crippen LogP contribution >= 0.6 is 0 Å². The van der Waals surface area contributed by atoms with Gasteiger partial charge in [-0.3, -0.25) is 14.4 Å². The van der Waals surface area contributed by atoms with Crippen LogP contribution in [0.3, 0.4) is 0 Å². The van der Waals surface area contributed by atoms with Crippen LogP contribution < -0.4 is 15.2 Å². The molecule has 0 unspecified atom stereocenters. The van der Waals surface area contributed by atoms with Gasteiger partial charge in [-0.25, -0.2) is 4.98 Å². The Morgan fingerprint density at radius 2 is 1.50 bits per heavy atom. The molecule has 3 heterocycles. The van der Waals surface area contributed by atoms with Gasteiger partial charge in [-0.05, 0) is 79.2 Å². The predicted molar refractivity (Wildman–Crippen MR) is 222 cm³/mol. The van der Waals surface area contributed by atoms with E-state index in [9.17, 15) is 24.6 Å². The van der Waals surface area contributed by atoms with Crippen LogP contribution in [0.25, 0.3) is 22.0 Å². The Labute approximate surface area is 337 Å². The maximum absolute atomic E-state index is 11.6. The Morgan fingerprint density at radius 1 is 0.828 bits per heavy atom. The van der Waals surface area contributed by atoms with Crippen LogP contribution in [0.15, 0.2) is 83.4 Å². The minimum Gasteiger partial charge on any atom is -0.508 e. The number of phenolic OH excluding ortho intramolecular Hbond substituents is 3. The Kier molecular flexibility index (Phi) is 14.5. The molecule has 0 saturated carbocycles. The molecule has 13 nitrogen and oxygen atoms in total. The number of fused-ring (bicyclic) bond motifs is 2. The van der Waals surface area contributed by atoms with Crippen LogP contribution in [0.2, 0.25) is 0 Å². The summed E-state index contributed by atoms with van der Waals surface area (Å²) >= 11 is 0. The molecule has 0 spiro atoms. The molecular weight excluding hydrogens is 741 g/mol. The summed E-state index contributed by atoms with van der Waals surface area (Å²) in [6.07, 6.45) is 6.63. The number of aromatic hydroxyl groups is 3. The maximum atomic E-state index is 11.6. The lowest BCUT2D eigenvalue weighted by molar-refractivity contribution is 0.0977. The highest BCUT2D eigenvalue weighted by molar-refractivity contribution is 5.99. The van der Waals surface area contributed by atoms with E-state index in [0.29, 0.717) is 35.8 Å². The van der Waals surface area contributed by atoms with Crippen molar-refractivity contribution in [2.24, 2.45) is 5.73 Å². The number of benzene rings is 4. The molecular formula is C45H52N4O9. The van der Waals surface area contributed by atoms with Crippen LogP contribution in [0.5, 0.6) is 28.7 Å². The summed E-state index contributed by atoms with van der Waals surface area (Å²) in [6.45, 7) is 8.52. The number of oxazole rings is 1.